The van der Waals surface area contributed by atoms with Gasteiger partial charge in [0.2, 0.25) is 5.88 Å². The Morgan fingerprint density at radius 3 is 2.50 bits per heavy atom. The normalized spacial score (nSPS) is 9.40. The molecule has 0 bridgehead atoms. The summed E-state index contributed by atoms with van der Waals surface area (Å²) in [4.78, 5) is 10.8. The van der Waals surface area contributed by atoms with E-state index in [0.29, 0.717) is 11.6 Å². The molecular weight excluding hydrogens is 134 g/mol. The Kier molecular flexibility index (Phi) is 1.66. The second-order valence-electron chi connectivity index (χ2n) is 1.74. The molecule has 0 aliphatic rings. The lowest BCUT2D eigenvalue weighted by Crippen LogP contribution is -2.05. The predicted molar refractivity (Wildman–Crippen MR) is 38.4 cm³/mol. The molecule has 3 N–H and O–H groups in total. The number of H-pyrrole nitrogens is 1. The molecule has 0 saturated carbocycles. The van der Waals surface area contributed by atoms with Gasteiger partial charge in [-0.2, -0.15) is 5.16 Å². The monoisotopic (exact) mass is 143 g/mol. The third-order valence-corrected chi connectivity index (χ3v) is 1.18. The van der Waals surface area contributed by atoms with Crippen LogP contribution in [0.3, 0.4) is 0 Å². The standard InChI is InChI=1S/C5H9N3O2/c1-6-3-4(9)8-10-5(3)7-2/h6-7H,1-2H3,(H,8,9). The van der Waals surface area contributed by atoms with Crippen LogP contribution in [0.5, 0.6) is 0 Å². The summed E-state index contributed by atoms with van der Waals surface area (Å²) in [7, 11) is 3.33. The highest BCUT2D eigenvalue weighted by Gasteiger charge is 2.06. The van der Waals surface area contributed by atoms with Gasteiger partial charge < -0.3 is 15.2 Å². The molecule has 1 aromatic rings. The summed E-state index contributed by atoms with van der Waals surface area (Å²) in [5.74, 6) is 0.424. The largest absolute Gasteiger partial charge is 0.379 e. The van der Waals surface area contributed by atoms with Gasteiger partial charge in [0.05, 0.1) is 0 Å². The first-order valence-corrected chi connectivity index (χ1v) is 2.86. The molecular formula is C5H9N3O2. The number of hydrogen-bond donors (Lipinski definition) is 3. The highest BCUT2D eigenvalue weighted by Crippen LogP contribution is 2.12. The second kappa shape index (κ2) is 2.47. The lowest BCUT2D eigenvalue weighted by atomic mass is 10.5. The van der Waals surface area contributed by atoms with Crippen molar-refractivity contribution >= 4 is 11.6 Å². The van der Waals surface area contributed by atoms with Crippen molar-refractivity contribution in [3.63, 3.8) is 0 Å². The quantitative estimate of drug-likeness (QED) is 0.547. The molecule has 0 aliphatic carbocycles. The average Bonchev–Trinajstić information content (AvgIpc) is 2.30. The highest BCUT2D eigenvalue weighted by atomic mass is 16.5. The molecule has 0 atom stereocenters. The molecule has 1 heterocycles. The maximum absolute atomic E-state index is 10.8. The van der Waals surface area contributed by atoms with Crippen molar-refractivity contribution in [2.75, 3.05) is 24.7 Å². The third kappa shape index (κ3) is 0.854. The zero-order valence-corrected chi connectivity index (χ0v) is 5.82. The van der Waals surface area contributed by atoms with E-state index in [4.69, 9.17) is 4.52 Å². The Morgan fingerprint density at radius 1 is 1.40 bits per heavy atom. The lowest BCUT2D eigenvalue weighted by Gasteiger charge is -1.94. The SMILES string of the molecule is CNc1o[nH]c(=O)c1NC. The predicted octanol–water partition coefficient (Wildman–Crippen LogP) is 0.0513. The van der Waals surface area contributed by atoms with Crippen molar-refractivity contribution in [2.24, 2.45) is 0 Å². The first kappa shape index (κ1) is 6.73. The van der Waals surface area contributed by atoms with Crippen molar-refractivity contribution in [3.05, 3.63) is 10.4 Å². The van der Waals surface area contributed by atoms with Crippen LogP contribution < -0.4 is 16.2 Å². The third-order valence-electron chi connectivity index (χ3n) is 1.18. The van der Waals surface area contributed by atoms with Crippen LogP contribution >= 0.6 is 0 Å². The molecule has 0 fully saturated rings. The van der Waals surface area contributed by atoms with Crippen molar-refractivity contribution in [3.8, 4) is 0 Å². The topological polar surface area (TPSA) is 70.1 Å². The van der Waals surface area contributed by atoms with Crippen LogP contribution in [0.1, 0.15) is 0 Å². The van der Waals surface area contributed by atoms with E-state index in [2.05, 4.69) is 15.8 Å². The van der Waals surface area contributed by atoms with Gasteiger partial charge in [-0.1, -0.05) is 0 Å². The molecule has 0 aliphatic heterocycles. The van der Waals surface area contributed by atoms with Gasteiger partial charge in [0.15, 0.2) is 5.69 Å². The van der Waals surface area contributed by atoms with Gasteiger partial charge in [-0.15, -0.1) is 0 Å². The maximum atomic E-state index is 10.8. The van der Waals surface area contributed by atoms with Gasteiger partial charge in [0.25, 0.3) is 0 Å². The van der Waals surface area contributed by atoms with Gasteiger partial charge in [-0.25, -0.2) is 0 Å². The van der Waals surface area contributed by atoms with E-state index in [1.807, 2.05) is 0 Å². The summed E-state index contributed by atoms with van der Waals surface area (Å²) in [6, 6.07) is 0. The van der Waals surface area contributed by atoms with Gasteiger partial charge in [-0.05, 0) is 0 Å². The van der Waals surface area contributed by atoms with Crippen LogP contribution in [-0.2, 0) is 0 Å². The zero-order valence-electron chi connectivity index (χ0n) is 5.82. The van der Waals surface area contributed by atoms with E-state index in [1.54, 1.807) is 14.1 Å². The summed E-state index contributed by atoms with van der Waals surface area (Å²) in [5.41, 5.74) is 0.161. The molecule has 0 spiro atoms. The molecule has 1 aromatic heterocycles. The molecule has 0 saturated heterocycles. The van der Waals surface area contributed by atoms with Crippen molar-refractivity contribution in [2.45, 2.75) is 0 Å². The second-order valence-corrected chi connectivity index (χ2v) is 1.74. The Balaban J connectivity index is 3.13. The summed E-state index contributed by atoms with van der Waals surface area (Å²) in [5, 5.41) is 7.59. The minimum Gasteiger partial charge on any atom is -0.379 e. The van der Waals surface area contributed by atoms with E-state index >= 15 is 0 Å². The first-order chi connectivity index (χ1) is 4.79. The van der Waals surface area contributed by atoms with Crippen LogP contribution in [0, 0.1) is 0 Å². The summed E-state index contributed by atoms with van der Waals surface area (Å²) >= 11 is 0. The van der Waals surface area contributed by atoms with Crippen LogP contribution in [0.4, 0.5) is 11.6 Å². The number of nitrogens with one attached hydrogen (secondary N) is 3. The minimum absolute atomic E-state index is 0.258. The Morgan fingerprint density at radius 2 is 2.10 bits per heavy atom. The number of anilines is 2. The molecule has 0 unspecified atom stereocenters. The zero-order chi connectivity index (χ0) is 7.56. The number of rotatable bonds is 2. The van der Waals surface area contributed by atoms with Gasteiger partial charge in [0, 0.05) is 14.1 Å². The van der Waals surface area contributed by atoms with Crippen molar-refractivity contribution in [1.29, 1.82) is 0 Å². The van der Waals surface area contributed by atoms with E-state index in [0.717, 1.165) is 0 Å². The number of aromatic amines is 1. The fraction of sp³-hybridized carbons (Fsp3) is 0.400. The Bertz CT molecular complexity index is 262. The fourth-order valence-electron chi connectivity index (χ4n) is 0.706. The van der Waals surface area contributed by atoms with E-state index < -0.39 is 0 Å². The fourth-order valence-corrected chi connectivity index (χ4v) is 0.706. The Labute approximate surface area is 57.4 Å². The smallest absolute Gasteiger partial charge is 0.305 e. The molecule has 0 aromatic carbocycles. The molecule has 0 radical (unpaired) electrons. The van der Waals surface area contributed by atoms with Crippen LogP contribution in [0.2, 0.25) is 0 Å². The maximum Gasteiger partial charge on any atom is 0.305 e. The van der Waals surface area contributed by atoms with Crippen molar-refractivity contribution < 1.29 is 4.52 Å². The van der Waals surface area contributed by atoms with Gasteiger partial charge >= 0.3 is 5.56 Å². The first-order valence-electron chi connectivity index (χ1n) is 2.86. The van der Waals surface area contributed by atoms with E-state index in [1.165, 1.54) is 0 Å². The van der Waals surface area contributed by atoms with Gasteiger partial charge in [0.1, 0.15) is 0 Å². The number of hydrogen-bond acceptors (Lipinski definition) is 4. The van der Waals surface area contributed by atoms with E-state index in [-0.39, 0.29) is 5.56 Å². The summed E-state index contributed by atoms with van der Waals surface area (Å²) in [6.45, 7) is 0. The molecule has 0 amide bonds. The van der Waals surface area contributed by atoms with E-state index in [9.17, 15) is 4.79 Å². The lowest BCUT2D eigenvalue weighted by molar-refractivity contribution is 0.427. The summed E-state index contributed by atoms with van der Waals surface area (Å²) < 4.78 is 4.72. The molecule has 56 valence electrons. The van der Waals surface area contributed by atoms with Crippen molar-refractivity contribution in [1.82, 2.24) is 5.16 Å². The minimum atomic E-state index is -0.258. The highest BCUT2D eigenvalue weighted by molar-refractivity contribution is 5.59. The molecule has 5 heteroatoms. The molecule has 10 heavy (non-hydrogen) atoms. The van der Waals surface area contributed by atoms with Crippen LogP contribution in [-0.4, -0.2) is 19.3 Å². The Hall–Kier alpha value is -1.39. The van der Waals surface area contributed by atoms with Crippen LogP contribution in [0.25, 0.3) is 0 Å². The number of aromatic nitrogens is 1. The molecule has 1 rings (SSSR count). The van der Waals surface area contributed by atoms with Crippen LogP contribution in [0.15, 0.2) is 9.32 Å². The average molecular weight is 143 g/mol. The summed E-state index contributed by atoms with van der Waals surface area (Å²) in [6.07, 6.45) is 0. The molecule has 5 nitrogen and oxygen atoms in total. The van der Waals surface area contributed by atoms with Gasteiger partial charge in [-0.3, -0.25) is 4.79 Å².